The first-order valence-electron chi connectivity index (χ1n) is 6.60. The summed E-state index contributed by atoms with van der Waals surface area (Å²) in [7, 11) is -1.24. The molecule has 0 spiro atoms. The highest BCUT2D eigenvalue weighted by molar-refractivity contribution is 6.83. The molecular weight excluding hydrogens is 212 g/mol. The van der Waals surface area contributed by atoms with E-state index in [9.17, 15) is 0 Å². The Labute approximate surface area is 102 Å². The van der Waals surface area contributed by atoms with E-state index in [1.54, 1.807) is 0 Å². The summed E-state index contributed by atoms with van der Waals surface area (Å²) in [5.74, 6) is 3.98. The predicted octanol–water partition coefficient (Wildman–Crippen LogP) is 3.85. The van der Waals surface area contributed by atoms with E-state index in [-0.39, 0.29) is 6.10 Å². The number of ether oxygens (including phenoxy) is 1. The molecule has 0 saturated carbocycles. The summed E-state index contributed by atoms with van der Waals surface area (Å²) in [5, 5.41) is 0. The van der Waals surface area contributed by atoms with Crippen LogP contribution in [0.25, 0.3) is 0 Å². The summed E-state index contributed by atoms with van der Waals surface area (Å²) in [6.45, 7) is 11.4. The summed E-state index contributed by atoms with van der Waals surface area (Å²) in [6.07, 6.45) is 5.63. The maximum atomic E-state index is 6.02. The first kappa shape index (κ1) is 13.8. The van der Waals surface area contributed by atoms with Crippen LogP contribution in [0.2, 0.25) is 19.6 Å². The highest BCUT2D eigenvalue weighted by Gasteiger charge is 2.30. The van der Waals surface area contributed by atoms with E-state index in [0.717, 1.165) is 0 Å². The van der Waals surface area contributed by atoms with Crippen molar-refractivity contribution in [3.8, 4) is 11.5 Å². The van der Waals surface area contributed by atoms with Crippen LogP contribution in [0, 0.1) is 17.4 Å². The van der Waals surface area contributed by atoms with Gasteiger partial charge in [0, 0.05) is 0 Å². The van der Waals surface area contributed by atoms with Gasteiger partial charge in [0.15, 0.2) is 0 Å². The molecule has 0 bridgehead atoms. The highest BCUT2D eigenvalue weighted by Crippen LogP contribution is 2.28. The summed E-state index contributed by atoms with van der Waals surface area (Å²) >= 11 is 0. The smallest absolute Gasteiger partial charge is 0.129 e. The van der Waals surface area contributed by atoms with E-state index in [2.05, 4.69) is 45.0 Å². The van der Waals surface area contributed by atoms with Gasteiger partial charge in [0.1, 0.15) is 14.2 Å². The fourth-order valence-corrected chi connectivity index (χ4v) is 2.59. The minimum Gasteiger partial charge on any atom is -0.362 e. The Bertz CT molecular complexity index is 269. The third kappa shape index (κ3) is 4.72. The van der Waals surface area contributed by atoms with Crippen molar-refractivity contribution >= 4 is 8.07 Å². The normalized spacial score (nSPS) is 29.9. The van der Waals surface area contributed by atoms with Crippen LogP contribution >= 0.6 is 0 Å². The van der Waals surface area contributed by atoms with Gasteiger partial charge in [0.25, 0.3) is 0 Å². The van der Waals surface area contributed by atoms with Crippen LogP contribution in [0.4, 0.5) is 0 Å². The zero-order chi connectivity index (χ0) is 12.2. The standard InChI is InChI=1S/C14H26OSi/c1-6-7-8-13-11-12(2)14(15-13)9-10-16(3,4)5/h12-14H,6-8,11H2,1-5H3/t12-,13+,14-/m0/s1. The van der Waals surface area contributed by atoms with Crippen LogP contribution in [0.3, 0.4) is 0 Å². The molecule has 0 aromatic rings. The Kier molecular flexibility index (Phi) is 5.08. The molecule has 92 valence electrons. The second kappa shape index (κ2) is 5.89. The third-order valence-corrected chi connectivity index (χ3v) is 3.85. The Morgan fingerprint density at radius 1 is 1.31 bits per heavy atom. The SMILES string of the molecule is CCCC[C@@H]1C[C@H](C)[C@H](C#C[Si](C)(C)C)O1. The van der Waals surface area contributed by atoms with Gasteiger partial charge in [-0.3, -0.25) is 0 Å². The van der Waals surface area contributed by atoms with Crippen LogP contribution in [0.5, 0.6) is 0 Å². The molecule has 0 aliphatic carbocycles. The van der Waals surface area contributed by atoms with Crippen molar-refractivity contribution in [1.82, 2.24) is 0 Å². The van der Waals surface area contributed by atoms with Crippen LogP contribution in [0.1, 0.15) is 39.5 Å². The molecule has 1 fully saturated rings. The number of unbranched alkanes of at least 4 members (excludes halogenated alkanes) is 1. The minimum atomic E-state index is -1.24. The number of hydrogen-bond donors (Lipinski definition) is 0. The molecule has 0 unspecified atom stereocenters. The molecule has 1 rings (SSSR count). The monoisotopic (exact) mass is 238 g/mol. The van der Waals surface area contributed by atoms with E-state index in [1.807, 2.05) is 0 Å². The fourth-order valence-electron chi connectivity index (χ4n) is 2.02. The Morgan fingerprint density at radius 3 is 2.56 bits per heavy atom. The topological polar surface area (TPSA) is 9.23 Å². The van der Waals surface area contributed by atoms with Gasteiger partial charge >= 0.3 is 0 Å². The molecule has 1 heterocycles. The lowest BCUT2D eigenvalue weighted by Gasteiger charge is -2.11. The van der Waals surface area contributed by atoms with Crippen molar-refractivity contribution in [3.05, 3.63) is 0 Å². The average Bonchev–Trinajstić information content (AvgIpc) is 2.52. The average molecular weight is 238 g/mol. The van der Waals surface area contributed by atoms with Gasteiger partial charge in [-0.1, -0.05) is 52.3 Å². The molecule has 1 aliphatic rings. The summed E-state index contributed by atoms with van der Waals surface area (Å²) in [6, 6.07) is 0. The minimum absolute atomic E-state index is 0.202. The molecule has 1 nitrogen and oxygen atoms in total. The van der Waals surface area contributed by atoms with E-state index < -0.39 is 8.07 Å². The van der Waals surface area contributed by atoms with Gasteiger partial charge < -0.3 is 4.74 Å². The van der Waals surface area contributed by atoms with Crippen molar-refractivity contribution in [3.63, 3.8) is 0 Å². The molecule has 0 N–H and O–H groups in total. The summed E-state index contributed by atoms with van der Waals surface area (Å²) in [4.78, 5) is 0. The molecule has 0 amide bonds. The van der Waals surface area contributed by atoms with E-state index in [0.29, 0.717) is 12.0 Å². The van der Waals surface area contributed by atoms with Crippen molar-refractivity contribution in [2.45, 2.75) is 71.4 Å². The third-order valence-electron chi connectivity index (χ3n) is 2.96. The lowest BCUT2D eigenvalue weighted by atomic mass is 10.00. The molecule has 0 aromatic heterocycles. The van der Waals surface area contributed by atoms with E-state index in [4.69, 9.17) is 4.74 Å². The lowest BCUT2D eigenvalue weighted by Crippen LogP contribution is -2.19. The van der Waals surface area contributed by atoms with Gasteiger partial charge in [-0.05, 0) is 18.8 Å². The van der Waals surface area contributed by atoms with Crippen molar-refractivity contribution in [2.24, 2.45) is 5.92 Å². The van der Waals surface area contributed by atoms with Crippen LogP contribution in [-0.4, -0.2) is 20.3 Å². The quantitative estimate of drug-likeness (QED) is 0.536. The fraction of sp³-hybridized carbons (Fsp3) is 0.857. The summed E-state index contributed by atoms with van der Waals surface area (Å²) < 4.78 is 6.02. The second-order valence-electron chi connectivity index (χ2n) is 6.05. The Hall–Kier alpha value is -0.263. The summed E-state index contributed by atoms with van der Waals surface area (Å²) in [5.41, 5.74) is 3.43. The maximum Gasteiger partial charge on any atom is 0.129 e. The molecule has 3 atom stereocenters. The highest BCUT2D eigenvalue weighted by atomic mass is 28.3. The maximum absolute atomic E-state index is 6.02. The Balaban J connectivity index is 2.47. The van der Waals surface area contributed by atoms with E-state index >= 15 is 0 Å². The second-order valence-corrected chi connectivity index (χ2v) is 10.8. The van der Waals surface area contributed by atoms with Crippen molar-refractivity contribution in [1.29, 1.82) is 0 Å². The van der Waals surface area contributed by atoms with Gasteiger partial charge in [-0.25, -0.2) is 0 Å². The molecule has 1 saturated heterocycles. The van der Waals surface area contributed by atoms with Crippen LogP contribution < -0.4 is 0 Å². The van der Waals surface area contributed by atoms with Gasteiger partial charge in [-0.15, -0.1) is 5.54 Å². The predicted molar refractivity (Wildman–Crippen MR) is 73.1 cm³/mol. The number of hydrogen-bond acceptors (Lipinski definition) is 1. The largest absolute Gasteiger partial charge is 0.362 e. The van der Waals surface area contributed by atoms with Gasteiger partial charge in [0.05, 0.1) is 6.10 Å². The van der Waals surface area contributed by atoms with E-state index in [1.165, 1.54) is 25.7 Å². The van der Waals surface area contributed by atoms with Crippen LogP contribution in [-0.2, 0) is 4.74 Å². The lowest BCUT2D eigenvalue weighted by molar-refractivity contribution is 0.0631. The molecule has 0 radical (unpaired) electrons. The first-order chi connectivity index (χ1) is 7.42. The first-order valence-corrected chi connectivity index (χ1v) is 10.1. The van der Waals surface area contributed by atoms with Gasteiger partial charge in [-0.2, -0.15) is 0 Å². The Morgan fingerprint density at radius 2 is 2.00 bits per heavy atom. The molecule has 1 aliphatic heterocycles. The number of rotatable bonds is 3. The van der Waals surface area contributed by atoms with Crippen LogP contribution in [0.15, 0.2) is 0 Å². The molecule has 2 heteroatoms. The van der Waals surface area contributed by atoms with Crippen molar-refractivity contribution in [2.75, 3.05) is 0 Å². The van der Waals surface area contributed by atoms with Gasteiger partial charge in [0.2, 0.25) is 0 Å². The molecule has 0 aromatic carbocycles. The zero-order valence-electron chi connectivity index (χ0n) is 11.5. The molecular formula is C14H26OSi. The van der Waals surface area contributed by atoms with Crippen molar-refractivity contribution < 1.29 is 4.74 Å². The zero-order valence-corrected chi connectivity index (χ0v) is 12.5. The molecule has 16 heavy (non-hydrogen) atoms.